The molecule has 0 aromatic rings. The first-order valence-electron chi connectivity index (χ1n) is 6.18. The number of halogens is 1. The highest BCUT2D eigenvalue weighted by Crippen LogP contribution is 2.47. The van der Waals surface area contributed by atoms with Crippen LogP contribution in [0.5, 0.6) is 0 Å². The summed E-state index contributed by atoms with van der Waals surface area (Å²) in [6.07, 6.45) is 3.29. The Labute approximate surface area is 113 Å². The van der Waals surface area contributed by atoms with Crippen LogP contribution >= 0.6 is 12.4 Å². The smallest absolute Gasteiger partial charge is 0.328 e. The van der Waals surface area contributed by atoms with Gasteiger partial charge in [0, 0.05) is 6.04 Å². The Balaban J connectivity index is 0.00000162. The van der Waals surface area contributed by atoms with Crippen molar-refractivity contribution in [3.05, 3.63) is 0 Å². The zero-order valence-electron chi connectivity index (χ0n) is 10.7. The van der Waals surface area contributed by atoms with Gasteiger partial charge >= 0.3 is 5.97 Å². The molecule has 5 unspecified atom stereocenters. The number of methoxy groups -OCH3 is 1. The number of nitrogens with one attached hydrogen (secondary N) is 1. The number of fused-ring (bicyclic) bond motifs is 2. The Morgan fingerprint density at radius 3 is 2.44 bits per heavy atom. The topological polar surface area (TPSA) is 81.4 Å². The van der Waals surface area contributed by atoms with E-state index in [0.29, 0.717) is 11.8 Å². The number of nitrogens with two attached hydrogens (primary N) is 1. The van der Waals surface area contributed by atoms with Gasteiger partial charge in [0.05, 0.1) is 13.0 Å². The van der Waals surface area contributed by atoms with Crippen molar-refractivity contribution in [3.8, 4) is 0 Å². The Hall–Kier alpha value is -0.810. The minimum Gasteiger partial charge on any atom is -0.467 e. The normalized spacial score (nSPS) is 34.6. The lowest BCUT2D eigenvalue weighted by Crippen LogP contribution is -2.49. The summed E-state index contributed by atoms with van der Waals surface area (Å²) >= 11 is 0. The molecule has 5 nitrogen and oxygen atoms in total. The summed E-state index contributed by atoms with van der Waals surface area (Å²) in [4.78, 5) is 23.3. The average molecular weight is 277 g/mol. The van der Waals surface area contributed by atoms with Crippen LogP contribution in [0, 0.1) is 17.8 Å². The molecule has 0 aromatic carbocycles. The second-order valence-electron chi connectivity index (χ2n) is 5.19. The van der Waals surface area contributed by atoms with E-state index < -0.39 is 12.0 Å². The van der Waals surface area contributed by atoms with E-state index in [-0.39, 0.29) is 30.3 Å². The molecule has 2 bridgehead atoms. The van der Waals surface area contributed by atoms with Gasteiger partial charge in [0.25, 0.3) is 0 Å². The molecule has 0 saturated heterocycles. The zero-order chi connectivity index (χ0) is 12.6. The van der Waals surface area contributed by atoms with Crippen LogP contribution in [-0.2, 0) is 14.3 Å². The molecule has 0 heterocycles. The van der Waals surface area contributed by atoms with Gasteiger partial charge in [-0.25, -0.2) is 4.79 Å². The lowest BCUT2D eigenvalue weighted by atomic mass is 9.84. The average Bonchev–Trinajstić information content (AvgIpc) is 2.87. The van der Waals surface area contributed by atoms with E-state index in [1.807, 2.05) is 0 Å². The number of carbonyl (C=O) groups excluding carboxylic acids is 2. The van der Waals surface area contributed by atoms with Gasteiger partial charge in [0.15, 0.2) is 0 Å². The molecule has 0 spiro atoms. The first-order valence-corrected chi connectivity index (χ1v) is 6.18. The van der Waals surface area contributed by atoms with Crippen LogP contribution in [-0.4, -0.2) is 31.1 Å². The standard InChI is InChI=1S/C12H20N2O3.ClH/c1-6(12(16)17-2)14-11(15)9-7-3-4-8(5-7)10(9)13;/h6-10H,3-5,13H2,1-2H3,(H,14,15);1H. The second-order valence-corrected chi connectivity index (χ2v) is 5.19. The molecule has 2 fully saturated rings. The molecular formula is C12H21ClN2O3. The number of carbonyl (C=O) groups is 2. The summed E-state index contributed by atoms with van der Waals surface area (Å²) in [5.74, 6) is 0.252. The number of ether oxygens (including phenoxy) is 1. The van der Waals surface area contributed by atoms with Gasteiger partial charge in [0.2, 0.25) is 5.91 Å². The Morgan fingerprint density at radius 2 is 1.94 bits per heavy atom. The lowest BCUT2D eigenvalue weighted by molar-refractivity contribution is -0.145. The third-order valence-corrected chi connectivity index (χ3v) is 4.20. The van der Waals surface area contributed by atoms with Gasteiger partial charge in [-0.3, -0.25) is 4.79 Å². The first kappa shape index (κ1) is 15.2. The molecule has 1 amide bonds. The van der Waals surface area contributed by atoms with Gasteiger partial charge in [0.1, 0.15) is 6.04 Å². The molecule has 6 heteroatoms. The van der Waals surface area contributed by atoms with Crippen LogP contribution in [0.1, 0.15) is 26.2 Å². The van der Waals surface area contributed by atoms with E-state index in [0.717, 1.165) is 19.3 Å². The van der Waals surface area contributed by atoms with Crippen molar-refractivity contribution in [1.82, 2.24) is 5.32 Å². The fraction of sp³-hybridized carbons (Fsp3) is 0.833. The first-order chi connectivity index (χ1) is 8.04. The number of hydrogen-bond acceptors (Lipinski definition) is 4. The van der Waals surface area contributed by atoms with Crippen molar-refractivity contribution in [2.45, 2.75) is 38.3 Å². The maximum Gasteiger partial charge on any atom is 0.328 e. The molecule has 5 atom stereocenters. The van der Waals surface area contributed by atoms with Crippen LogP contribution < -0.4 is 11.1 Å². The predicted octanol–water partition coefficient (Wildman–Crippen LogP) is 0.459. The number of amides is 1. The highest BCUT2D eigenvalue weighted by molar-refractivity contribution is 5.86. The van der Waals surface area contributed by atoms with Gasteiger partial charge < -0.3 is 15.8 Å². The van der Waals surface area contributed by atoms with Crippen molar-refractivity contribution in [2.75, 3.05) is 7.11 Å². The van der Waals surface area contributed by atoms with E-state index >= 15 is 0 Å². The molecule has 0 aliphatic heterocycles. The molecule has 2 aliphatic carbocycles. The van der Waals surface area contributed by atoms with Gasteiger partial charge in [-0.1, -0.05) is 0 Å². The van der Waals surface area contributed by atoms with E-state index in [9.17, 15) is 9.59 Å². The minimum atomic E-state index is -0.598. The van der Waals surface area contributed by atoms with Gasteiger partial charge in [-0.2, -0.15) is 0 Å². The molecule has 2 aliphatic rings. The van der Waals surface area contributed by atoms with Gasteiger partial charge in [-0.15, -0.1) is 12.4 Å². The van der Waals surface area contributed by atoms with Crippen LogP contribution in [0.2, 0.25) is 0 Å². The van der Waals surface area contributed by atoms with Crippen molar-refractivity contribution < 1.29 is 14.3 Å². The SMILES string of the molecule is COC(=O)C(C)NC(=O)C1C2CCC(C2)C1N.Cl. The largest absolute Gasteiger partial charge is 0.467 e. The second kappa shape index (κ2) is 5.89. The Bertz CT molecular complexity index is 335. The molecule has 0 aromatic heterocycles. The third-order valence-electron chi connectivity index (χ3n) is 4.20. The molecule has 0 radical (unpaired) electrons. The van der Waals surface area contributed by atoms with Gasteiger partial charge in [-0.05, 0) is 38.0 Å². The minimum absolute atomic E-state index is 0. The Kier molecular flexibility index (Phi) is 4.99. The van der Waals surface area contributed by atoms with E-state index in [4.69, 9.17) is 5.73 Å². The number of hydrogen-bond donors (Lipinski definition) is 2. The monoisotopic (exact) mass is 276 g/mol. The molecule has 2 saturated carbocycles. The number of esters is 1. The fourth-order valence-electron chi connectivity index (χ4n) is 3.27. The quantitative estimate of drug-likeness (QED) is 0.734. The third kappa shape index (κ3) is 2.62. The summed E-state index contributed by atoms with van der Waals surface area (Å²) in [7, 11) is 1.31. The van der Waals surface area contributed by atoms with E-state index in [1.165, 1.54) is 7.11 Å². The Morgan fingerprint density at radius 1 is 1.33 bits per heavy atom. The van der Waals surface area contributed by atoms with Crippen molar-refractivity contribution in [1.29, 1.82) is 0 Å². The molecule has 3 N–H and O–H groups in total. The van der Waals surface area contributed by atoms with Crippen molar-refractivity contribution in [2.24, 2.45) is 23.5 Å². The van der Waals surface area contributed by atoms with Crippen LogP contribution in [0.4, 0.5) is 0 Å². The highest BCUT2D eigenvalue weighted by Gasteiger charge is 2.49. The summed E-state index contributed by atoms with van der Waals surface area (Å²) in [6, 6.07) is -0.641. The maximum absolute atomic E-state index is 12.1. The lowest BCUT2D eigenvalue weighted by Gasteiger charge is -2.27. The van der Waals surface area contributed by atoms with E-state index in [2.05, 4.69) is 10.1 Å². The fourth-order valence-corrected chi connectivity index (χ4v) is 3.27. The molecular weight excluding hydrogens is 256 g/mol. The van der Waals surface area contributed by atoms with Crippen LogP contribution in [0.3, 0.4) is 0 Å². The van der Waals surface area contributed by atoms with Crippen LogP contribution in [0.15, 0.2) is 0 Å². The zero-order valence-corrected chi connectivity index (χ0v) is 11.5. The predicted molar refractivity (Wildman–Crippen MR) is 69.2 cm³/mol. The highest BCUT2D eigenvalue weighted by atomic mass is 35.5. The molecule has 104 valence electrons. The van der Waals surface area contributed by atoms with Crippen molar-refractivity contribution >= 4 is 24.3 Å². The maximum atomic E-state index is 12.1. The van der Waals surface area contributed by atoms with Crippen molar-refractivity contribution in [3.63, 3.8) is 0 Å². The molecule has 2 rings (SSSR count). The summed E-state index contributed by atoms with van der Waals surface area (Å²) in [5, 5.41) is 2.69. The number of rotatable bonds is 3. The summed E-state index contributed by atoms with van der Waals surface area (Å²) < 4.78 is 4.58. The summed E-state index contributed by atoms with van der Waals surface area (Å²) in [5.41, 5.74) is 6.07. The summed E-state index contributed by atoms with van der Waals surface area (Å²) in [6.45, 7) is 1.63. The van der Waals surface area contributed by atoms with E-state index in [1.54, 1.807) is 6.92 Å². The molecule has 18 heavy (non-hydrogen) atoms. The van der Waals surface area contributed by atoms with Crippen LogP contribution in [0.25, 0.3) is 0 Å².